The number of rotatable bonds is 6. The summed E-state index contributed by atoms with van der Waals surface area (Å²) in [6.07, 6.45) is 5.10. The molecule has 2 rings (SSSR count). The van der Waals surface area contributed by atoms with E-state index in [0.29, 0.717) is 5.56 Å². The normalized spacial score (nSPS) is 12.3. The van der Waals surface area contributed by atoms with E-state index in [2.05, 4.69) is 17.2 Å². The SMILES string of the molecule is CCCc1nc(C)ccc1/C=C/C(=O)N[C@H](C)c1ccc(N)c(F)c1. The number of carbonyl (C=O) groups excluding carboxylic acids is 1. The quantitative estimate of drug-likeness (QED) is 0.617. The lowest BCUT2D eigenvalue weighted by atomic mass is 10.1. The Morgan fingerprint density at radius 3 is 2.80 bits per heavy atom. The number of nitrogens with two attached hydrogens (primary N) is 1. The van der Waals surface area contributed by atoms with E-state index in [1.165, 1.54) is 18.2 Å². The molecule has 0 saturated heterocycles. The van der Waals surface area contributed by atoms with Crippen LogP contribution >= 0.6 is 0 Å². The van der Waals surface area contributed by atoms with Crippen LogP contribution in [-0.4, -0.2) is 10.9 Å². The first-order valence-electron chi connectivity index (χ1n) is 8.40. The fourth-order valence-corrected chi connectivity index (χ4v) is 2.53. The molecule has 5 heteroatoms. The molecule has 3 N–H and O–H groups in total. The van der Waals surface area contributed by atoms with Gasteiger partial charge in [0.1, 0.15) is 5.82 Å². The molecule has 1 aromatic carbocycles. The second-order valence-corrected chi connectivity index (χ2v) is 6.08. The van der Waals surface area contributed by atoms with E-state index >= 15 is 0 Å². The predicted octanol–water partition coefficient (Wildman–Crippen LogP) is 3.95. The number of carbonyl (C=O) groups is 1. The van der Waals surface area contributed by atoms with Gasteiger partial charge >= 0.3 is 0 Å². The maximum absolute atomic E-state index is 13.5. The number of pyridine rings is 1. The summed E-state index contributed by atoms with van der Waals surface area (Å²) in [4.78, 5) is 16.7. The molecule has 2 aromatic rings. The average molecular weight is 341 g/mol. The van der Waals surface area contributed by atoms with E-state index in [1.807, 2.05) is 19.1 Å². The minimum Gasteiger partial charge on any atom is -0.396 e. The molecule has 0 saturated carbocycles. The molecule has 1 aromatic heterocycles. The molecular formula is C20H24FN3O. The van der Waals surface area contributed by atoms with Crippen molar-refractivity contribution in [1.82, 2.24) is 10.3 Å². The Morgan fingerprint density at radius 1 is 1.36 bits per heavy atom. The van der Waals surface area contributed by atoms with Gasteiger partial charge in [-0.15, -0.1) is 0 Å². The zero-order valence-corrected chi connectivity index (χ0v) is 14.8. The maximum atomic E-state index is 13.5. The fourth-order valence-electron chi connectivity index (χ4n) is 2.53. The molecular weight excluding hydrogens is 317 g/mol. The van der Waals surface area contributed by atoms with Crippen molar-refractivity contribution in [3.8, 4) is 0 Å². The molecule has 1 atom stereocenters. The van der Waals surface area contributed by atoms with Crippen LogP contribution in [0.15, 0.2) is 36.4 Å². The van der Waals surface area contributed by atoms with Crippen molar-refractivity contribution in [3.05, 3.63) is 64.7 Å². The van der Waals surface area contributed by atoms with Crippen molar-refractivity contribution in [1.29, 1.82) is 0 Å². The van der Waals surface area contributed by atoms with Crippen LogP contribution in [0.1, 0.15) is 48.8 Å². The van der Waals surface area contributed by atoms with Crippen LogP contribution in [0.4, 0.5) is 10.1 Å². The Kier molecular flexibility index (Phi) is 6.28. The van der Waals surface area contributed by atoms with E-state index in [1.54, 1.807) is 19.1 Å². The largest absolute Gasteiger partial charge is 0.396 e. The first-order chi connectivity index (χ1) is 11.9. The lowest BCUT2D eigenvalue weighted by Gasteiger charge is -2.13. The molecule has 1 heterocycles. The first kappa shape index (κ1) is 18.6. The second-order valence-electron chi connectivity index (χ2n) is 6.08. The number of halogens is 1. The van der Waals surface area contributed by atoms with Gasteiger partial charge in [0, 0.05) is 17.5 Å². The van der Waals surface area contributed by atoms with Gasteiger partial charge in [0.25, 0.3) is 0 Å². The van der Waals surface area contributed by atoms with Gasteiger partial charge in [-0.2, -0.15) is 0 Å². The lowest BCUT2D eigenvalue weighted by Crippen LogP contribution is -2.24. The van der Waals surface area contributed by atoms with Gasteiger partial charge in [-0.3, -0.25) is 9.78 Å². The van der Waals surface area contributed by atoms with Crippen LogP contribution < -0.4 is 11.1 Å². The van der Waals surface area contributed by atoms with E-state index in [9.17, 15) is 9.18 Å². The Hall–Kier alpha value is -2.69. The van der Waals surface area contributed by atoms with Crippen molar-refractivity contribution < 1.29 is 9.18 Å². The van der Waals surface area contributed by atoms with Crippen LogP contribution in [0.3, 0.4) is 0 Å². The lowest BCUT2D eigenvalue weighted by molar-refractivity contribution is -0.117. The van der Waals surface area contributed by atoms with Gasteiger partial charge in [0.2, 0.25) is 5.91 Å². The Balaban J connectivity index is 2.06. The first-order valence-corrected chi connectivity index (χ1v) is 8.40. The van der Waals surface area contributed by atoms with Crippen molar-refractivity contribution in [2.24, 2.45) is 0 Å². The molecule has 0 aliphatic heterocycles. The number of nitrogens with one attached hydrogen (secondary N) is 1. The standard InChI is InChI=1S/C20H24FN3O/c1-4-5-19-15(7-6-13(2)23-19)9-11-20(25)24-14(3)16-8-10-18(22)17(21)12-16/h6-12,14H,4-5,22H2,1-3H3,(H,24,25)/b11-9+/t14-/m1/s1. The highest BCUT2D eigenvalue weighted by Gasteiger charge is 2.10. The van der Waals surface area contributed by atoms with Crippen LogP contribution in [0.5, 0.6) is 0 Å². The van der Waals surface area contributed by atoms with Crippen molar-refractivity contribution in [3.63, 3.8) is 0 Å². The Morgan fingerprint density at radius 2 is 2.12 bits per heavy atom. The summed E-state index contributed by atoms with van der Waals surface area (Å²) in [5.41, 5.74) is 9.12. The number of amides is 1. The third kappa shape index (κ3) is 5.14. The number of anilines is 1. The van der Waals surface area contributed by atoms with Gasteiger partial charge in [0.05, 0.1) is 11.7 Å². The zero-order valence-electron chi connectivity index (χ0n) is 14.8. The van der Waals surface area contributed by atoms with Crippen molar-refractivity contribution >= 4 is 17.7 Å². The molecule has 0 radical (unpaired) electrons. The van der Waals surface area contributed by atoms with E-state index in [-0.39, 0.29) is 17.6 Å². The topological polar surface area (TPSA) is 68.0 Å². The number of hydrogen-bond donors (Lipinski definition) is 2. The summed E-state index contributed by atoms with van der Waals surface area (Å²) in [5.74, 6) is -0.725. The van der Waals surface area contributed by atoms with Gasteiger partial charge in [-0.1, -0.05) is 25.5 Å². The fraction of sp³-hybridized carbons (Fsp3) is 0.300. The highest BCUT2D eigenvalue weighted by Crippen LogP contribution is 2.18. The Bertz CT molecular complexity index is 787. The molecule has 0 unspecified atom stereocenters. The summed E-state index contributed by atoms with van der Waals surface area (Å²) >= 11 is 0. The number of hydrogen-bond acceptors (Lipinski definition) is 3. The van der Waals surface area contributed by atoms with Crippen LogP contribution in [0, 0.1) is 12.7 Å². The summed E-state index contributed by atoms with van der Waals surface area (Å²) in [6.45, 7) is 5.84. The predicted molar refractivity (Wildman–Crippen MR) is 99.4 cm³/mol. The molecule has 0 bridgehead atoms. The highest BCUT2D eigenvalue weighted by atomic mass is 19.1. The van der Waals surface area contributed by atoms with Gasteiger partial charge < -0.3 is 11.1 Å². The van der Waals surface area contributed by atoms with Crippen molar-refractivity contribution in [2.45, 2.75) is 39.7 Å². The highest BCUT2D eigenvalue weighted by molar-refractivity contribution is 5.92. The van der Waals surface area contributed by atoms with Crippen LogP contribution in [0.25, 0.3) is 6.08 Å². The van der Waals surface area contributed by atoms with E-state index in [4.69, 9.17) is 5.73 Å². The minimum atomic E-state index is -0.482. The van der Waals surface area contributed by atoms with Crippen molar-refractivity contribution in [2.75, 3.05) is 5.73 Å². The molecule has 0 aliphatic carbocycles. The Labute approximate surface area is 148 Å². The number of nitrogens with zero attached hydrogens (tertiary/aromatic N) is 1. The third-order valence-corrected chi connectivity index (χ3v) is 3.93. The monoisotopic (exact) mass is 341 g/mol. The second kappa shape index (κ2) is 8.42. The molecule has 4 nitrogen and oxygen atoms in total. The molecule has 1 amide bonds. The zero-order chi connectivity index (χ0) is 18.4. The molecule has 0 aliphatic rings. The van der Waals surface area contributed by atoms with Crippen LogP contribution in [0.2, 0.25) is 0 Å². The third-order valence-electron chi connectivity index (χ3n) is 3.93. The molecule has 0 spiro atoms. The number of aromatic nitrogens is 1. The van der Waals surface area contributed by atoms with Gasteiger partial charge in [-0.25, -0.2) is 4.39 Å². The average Bonchev–Trinajstić information content (AvgIpc) is 2.57. The number of benzene rings is 1. The molecule has 25 heavy (non-hydrogen) atoms. The smallest absolute Gasteiger partial charge is 0.244 e. The van der Waals surface area contributed by atoms with E-state index in [0.717, 1.165) is 29.8 Å². The van der Waals surface area contributed by atoms with Gasteiger partial charge in [-0.05, 0) is 55.7 Å². The maximum Gasteiger partial charge on any atom is 0.244 e. The summed E-state index contributed by atoms with van der Waals surface area (Å²) in [7, 11) is 0. The number of nitrogen functional groups attached to an aromatic ring is 1. The molecule has 0 fully saturated rings. The number of aryl methyl sites for hydroxylation is 2. The molecule has 132 valence electrons. The summed E-state index contributed by atoms with van der Waals surface area (Å²) < 4.78 is 13.5. The van der Waals surface area contributed by atoms with Crippen LogP contribution in [-0.2, 0) is 11.2 Å². The van der Waals surface area contributed by atoms with Gasteiger partial charge in [0.15, 0.2) is 0 Å². The minimum absolute atomic E-state index is 0.0949. The van der Waals surface area contributed by atoms with E-state index < -0.39 is 5.82 Å². The summed E-state index contributed by atoms with van der Waals surface area (Å²) in [6, 6.07) is 8.12. The summed E-state index contributed by atoms with van der Waals surface area (Å²) in [5, 5.41) is 2.82.